The van der Waals surface area contributed by atoms with Crippen molar-refractivity contribution in [2.45, 2.75) is 64.4 Å². The standard InChI is InChI=1S/C25H30N4O3/c1-15-13-25(4,11-10-17(15)12-19(30)31-5)18-8-6-16(7-9-18)21-24(2,3)32-23-20(29-21)22(26)27-14-28-23/h6-9,14H,10-13H2,1-5H3,(H2,26,27,28). The topological polar surface area (TPSA) is 99.7 Å². The highest BCUT2D eigenvalue weighted by atomic mass is 16.5. The number of allylic oxidation sites excluding steroid dienone is 1. The van der Waals surface area contributed by atoms with Crippen molar-refractivity contribution in [3.63, 3.8) is 0 Å². The summed E-state index contributed by atoms with van der Waals surface area (Å²) < 4.78 is 10.9. The molecule has 1 aromatic carbocycles. The second-order valence-electron chi connectivity index (χ2n) is 9.44. The van der Waals surface area contributed by atoms with E-state index in [1.165, 1.54) is 30.1 Å². The van der Waals surface area contributed by atoms with E-state index in [9.17, 15) is 4.79 Å². The monoisotopic (exact) mass is 434 g/mol. The highest BCUT2D eigenvalue weighted by Crippen LogP contribution is 2.43. The van der Waals surface area contributed by atoms with E-state index in [1.54, 1.807) is 0 Å². The van der Waals surface area contributed by atoms with E-state index in [4.69, 9.17) is 20.2 Å². The van der Waals surface area contributed by atoms with Crippen molar-refractivity contribution in [1.29, 1.82) is 0 Å². The summed E-state index contributed by atoms with van der Waals surface area (Å²) in [5, 5.41) is 0. The molecule has 0 spiro atoms. The Morgan fingerprint density at radius 3 is 2.56 bits per heavy atom. The van der Waals surface area contributed by atoms with Gasteiger partial charge in [0.15, 0.2) is 11.5 Å². The van der Waals surface area contributed by atoms with Gasteiger partial charge in [-0.3, -0.25) is 4.79 Å². The van der Waals surface area contributed by atoms with Gasteiger partial charge in [-0.15, -0.1) is 0 Å². The average molecular weight is 435 g/mol. The molecular weight excluding hydrogens is 404 g/mol. The van der Waals surface area contributed by atoms with Crippen LogP contribution >= 0.6 is 0 Å². The van der Waals surface area contributed by atoms with Crippen LogP contribution in [-0.4, -0.2) is 34.4 Å². The lowest BCUT2D eigenvalue weighted by Crippen LogP contribution is -2.41. The first-order valence-electron chi connectivity index (χ1n) is 10.9. The van der Waals surface area contributed by atoms with Crippen LogP contribution in [0, 0.1) is 0 Å². The number of fused-ring (bicyclic) bond motifs is 1. The number of carbonyl (C=O) groups is 1. The Labute approximate surface area is 188 Å². The number of hydrogen-bond acceptors (Lipinski definition) is 7. The fraction of sp³-hybridized carbons (Fsp3) is 0.440. The van der Waals surface area contributed by atoms with E-state index in [2.05, 4.69) is 48.1 Å². The second kappa shape index (κ2) is 8.04. The van der Waals surface area contributed by atoms with E-state index in [0.29, 0.717) is 23.8 Å². The highest BCUT2D eigenvalue weighted by molar-refractivity contribution is 6.09. The summed E-state index contributed by atoms with van der Waals surface area (Å²) in [4.78, 5) is 24.7. The maximum Gasteiger partial charge on any atom is 0.309 e. The molecule has 1 atom stereocenters. The zero-order valence-electron chi connectivity index (χ0n) is 19.4. The minimum atomic E-state index is -0.647. The number of ether oxygens (including phenoxy) is 2. The fourth-order valence-corrected chi connectivity index (χ4v) is 4.71. The van der Waals surface area contributed by atoms with Gasteiger partial charge in [0.1, 0.15) is 11.9 Å². The maximum atomic E-state index is 11.7. The molecule has 2 aliphatic rings. The van der Waals surface area contributed by atoms with Crippen molar-refractivity contribution >= 4 is 23.2 Å². The predicted molar refractivity (Wildman–Crippen MR) is 124 cm³/mol. The van der Waals surface area contributed by atoms with Crippen molar-refractivity contribution in [1.82, 2.24) is 9.97 Å². The number of anilines is 1. The Hall–Kier alpha value is -3.22. The number of nitrogen functional groups attached to an aromatic ring is 1. The molecule has 1 unspecified atom stereocenters. The van der Waals surface area contributed by atoms with Crippen LogP contribution < -0.4 is 10.5 Å². The minimum absolute atomic E-state index is 0.0213. The van der Waals surface area contributed by atoms with Gasteiger partial charge < -0.3 is 15.2 Å². The number of methoxy groups -OCH3 is 1. The molecule has 0 saturated heterocycles. The normalized spacial score (nSPS) is 22.0. The molecule has 2 heterocycles. The number of nitrogens with two attached hydrogens (primary N) is 1. The highest BCUT2D eigenvalue weighted by Gasteiger charge is 2.36. The van der Waals surface area contributed by atoms with E-state index in [1.807, 2.05) is 13.8 Å². The van der Waals surface area contributed by atoms with Gasteiger partial charge in [-0.25, -0.2) is 9.98 Å². The molecule has 0 bridgehead atoms. The van der Waals surface area contributed by atoms with Crippen molar-refractivity contribution in [2.24, 2.45) is 4.99 Å². The first kappa shape index (κ1) is 22.0. The number of hydrogen-bond donors (Lipinski definition) is 1. The third-order valence-electron chi connectivity index (χ3n) is 6.64. The Morgan fingerprint density at radius 2 is 1.91 bits per heavy atom. The predicted octanol–water partition coefficient (Wildman–Crippen LogP) is 4.67. The number of benzene rings is 1. The van der Waals surface area contributed by atoms with Gasteiger partial charge in [-0.1, -0.05) is 42.3 Å². The van der Waals surface area contributed by atoms with Crippen LogP contribution in [0.4, 0.5) is 11.5 Å². The number of esters is 1. The molecule has 0 saturated carbocycles. The summed E-state index contributed by atoms with van der Waals surface area (Å²) in [5.41, 5.74) is 11.4. The molecule has 1 aliphatic heterocycles. The van der Waals surface area contributed by atoms with E-state index in [-0.39, 0.29) is 11.4 Å². The van der Waals surface area contributed by atoms with Crippen LogP contribution in [0.25, 0.3) is 0 Å². The van der Waals surface area contributed by atoms with Gasteiger partial charge in [0.25, 0.3) is 0 Å². The lowest BCUT2D eigenvalue weighted by molar-refractivity contribution is -0.139. The molecule has 2 N–H and O–H groups in total. The molecule has 32 heavy (non-hydrogen) atoms. The summed E-state index contributed by atoms with van der Waals surface area (Å²) in [6.45, 7) is 8.37. The van der Waals surface area contributed by atoms with Gasteiger partial charge in [-0.05, 0) is 51.0 Å². The summed E-state index contributed by atoms with van der Waals surface area (Å²) in [6, 6.07) is 8.54. The third-order valence-corrected chi connectivity index (χ3v) is 6.64. The summed E-state index contributed by atoms with van der Waals surface area (Å²) in [6.07, 6.45) is 4.60. The molecule has 1 aliphatic carbocycles. The molecule has 0 radical (unpaired) electrons. The molecule has 168 valence electrons. The van der Waals surface area contributed by atoms with Crippen LogP contribution in [0.2, 0.25) is 0 Å². The molecule has 1 aromatic heterocycles. The molecule has 0 fully saturated rings. The number of aliphatic imine (C=N–C) groups is 1. The van der Waals surface area contributed by atoms with Crippen LogP contribution in [0.3, 0.4) is 0 Å². The molecule has 7 nitrogen and oxygen atoms in total. The van der Waals surface area contributed by atoms with Gasteiger partial charge in [0, 0.05) is 5.56 Å². The molecule has 2 aromatic rings. The zero-order valence-corrected chi connectivity index (χ0v) is 19.4. The third kappa shape index (κ3) is 3.99. The first-order chi connectivity index (χ1) is 15.1. The Balaban J connectivity index is 1.61. The van der Waals surface area contributed by atoms with Gasteiger partial charge in [0.2, 0.25) is 5.88 Å². The van der Waals surface area contributed by atoms with E-state index >= 15 is 0 Å². The van der Waals surface area contributed by atoms with Gasteiger partial charge >= 0.3 is 5.97 Å². The number of aromatic nitrogens is 2. The Kier molecular flexibility index (Phi) is 5.53. The molecule has 4 rings (SSSR count). The number of rotatable bonds is 4. The molecule has 0 amide bonds. The maximum absolute atomic E-state index is 11.7. The second-order valence-corrected chi connectivity index (χ2v) is 9.44. The SMILES string of the molecule is COC(=O)CC1=C(C)CC(C)(c2ccc(C3=Nc4c(N)ncnc4OC3(C)C)cc2)CC1. The smallest absolute Gasteiger partial charge is 0.309 e. The summed E-state index contributed by atoms with van der Waals surface area (Å²) in [5.74, 6) is 0.542. The van der Waals surface area contributed by atoms with Crippen LogP contribution in [-0.2, 0) is 14.9 Å². The number of carbonyl (C=O) groups excluding carboxylic acids is 1. The molecule has 7 heteroatoms. The van der Waals surface area contributed by atoms with Crippen molar-refractivity contribution < 1.29 is 14.3 Å². The van der Waals surface area contributed by atoms with Gasteiger partial charge in [-0.2, -0.15) is 4.98 Å². The van der Waals surface area contributed by atoms with Crippen molar-refractivity contribution in [2.75, 3.05) is 12.8 Å². The Morgan fingerprint density at radius 1 is 1.19 bits per heavy atom. The van der Waals surface area contributed by atoms with E-state index in [0.717, 1.165) is 30.5 Å². The largest absolute Gasteiger partial charge is 0.469 e. The lowest BCUT2D eigenvalue weighted by atomic mass is 9.68. The van der Waals surface area contributed by atoms with E-state index < -0.39 is 5.60 Å². The fourth-order valence-electron chi connectivity index (χ4n) is 4.71. The van der Waals surface area contributed by atoms with Crippen LogP contribution in [0.15, 0.2) is 46.7 Å². The zero-order chi connectivity index (χ0) is 23.1. The Bertz CT molecular complexity index is 1120. The number of nitrogens with zero attached hydrogens (tertiary/aromatic N) is 3. The van der Waals surface area contributed by atoms with Crippen LogP contribution in [0.1, 0.15) is 64.5 Å². The van der Waals surface area contributed by atoms with Crippen molar-refractivity contribution in [3.8, 4) is 5.88 Å². The quantitative estimate of drug-likeness (QED) is 0.554. The van der Waals surface area contributed by atoms with Crippen molar-refractivity contribution in [3.05, 3.63) is 52.9 Å². The first-order valence-corrected chi connectivity index (χ1v) is 10.9. The lowest BCUT2D eigenvalue weighted by Gasteiger charge is -2.36. The summed E-state index contributed by atoms with van der Waals surface area (Å²) in [7, 11) is 1.44. The minimum Gasteiger partial charge on any atom is -0.469 e. The van der Waals surface area contributed by atoms with Crippen LogP contribution in [0.5, 0.6) is 5.88 Å². The average Bonchev–Trinajstić information content (AvgIpc) is 2.75. The molecular formula is C25H30N4O3. The summed E-state index contributed by atoms with van der Waals surface area (Å²) >= 11 is 0. The van der Waals surface area contributed by atoms with Gasteiger partial charge in [0.05, 0.1) is 19.2 Å².